The van der Waals surface area contributed by atoms with Crippen molar-refractivity contribution >= 4 is 11.6 Å². The highest BCUT2D eigenvalue weighted by Gasteiger charge is 2.17. The maximum absolute atomic E-state index is 12.3. The maximum Gasteiger partial charge on any atom is 0.228 e. The van der Waals surface area contributed by atoms with Crippen molar-refractivity contribution in [3.05, 3.63) is 65.7 Å². The van der Waals surface area contributed by atoms with Gasteiger partial charge >= 0.3 is 0 Å². The molecule has 1 aliphatic heterocycles. The van der Waals surface area contributed by atoms with Crippen LogP contribution in [0.1, 0.15) is 17.5 Å². The van der Waals surface area contributed by atoms with Crippen molar-refractivity contribution in [2.45, 2.75) is 19.4 Å². The third-order valence-electron chi connectivity index (χ3n) is 4.37. The highest BCUT2D eigenvalue weighted by Crippen LogP contribution is 2.19. The second-order valence-corrected chi connectivity index (χ2v) is 5.83. The summed E-state index contributed by atoms with van der Waals surface area (Å²) in [4.78, 5) is 16.5. The molecule has 1 heterocycles. The summed E-state index contributed by atoms with van der Waals surface area (Å²) < 4.78 is 0. The van der Waals surface area contributed by atoms with Gasteiger partial charge in [0, 0.05) is 38.8 Å². The van der Waals surface area contributed by atoms with Gasteiger partial charge in [-0.1, -0.05) is 42.5 Å². The Hall–Kier alpha value is -2.13. The van der Waals surface area contributed by atoms with Crippen LogP contribution in [0.15, 0.2) is 54.6 Å². The minimum Gasteiger partial charge on any atom is -0.315 e. The van der Waals surface area contributed by atoms with Gasteiger partial charge in [-0.2, -0.15) is 0 Å². The van der Waals surface area contributed by atoms with Gasteiger partial charge in [0.15, 0.2) is 0 Å². The van der Waals surface area contributed by atoms with Crippen molar-refractivity contribution in [1.82, 2.24) is 4.90 Å². The van der Waals surface area contributed by atoms with E-state index in [1.165, 1.54) is 11.1 Å². The first-order chi connectivity index (χ1) is 10.7. The van der Waals surface area contributed by atoms with Crippen molar-refractivity contribution in [3.8, 4) is 0 Å². The van der Waals surface area contributed by atoms with E-state index in [1.54, 1.807) is 4.90 Å². The van der Waals surface area contributed by atoms with Crippen LogP contribution in [0.2, 0.25) is 0 Å². The fourth-order valence-electron chi connectivity index (χ4n) is 2.96. The Morgan fingerprint density at radius 3 is 2.50 bits per heavy atom. The Morgan fingerprint density at radius 1 is 1.05 bits per heavy atom. The Morgan fingerprint density at radius 2 is 1.73 bits per heavy atom. The summed E-state index contributed by atoms with van der Waals surface area (Å²) in [6, 6.07) is 18.4. The van der Waals surface area contributed by atoms with E-state index in [0.29, 0.717) is 6.42 Å². The number of fused-ring (bicyclic) bond motifs is 1. The molecule has 0 aliphatic carbocycles. The third-order valence-corrected chi connectivity index (χ3v) is 4.37. The standard InChI is InChI=1S/C19H22N2O/c1-20(18-9-3-2-4-10-18)19(22)12-14-21-13-11-16-7-5-6-8-17(16)15-21/h2-10H,11-15H2,1H3. The number of hydrogen-bond acceptors (Lipinski definition) is 2. The van der Waals surface area contributed by atoms with E-state index in [0.717, 1.165) is 31.7 Å². The Kier molecular flexibility index (Phi) is 4.54. The Balaban J connectivity index is 1.54. The quantitative estimate of drug-likeness (QED) is 0.865. The van der Waals surface area contributed by atoms with Crippen LogP contribution in [0.25, 0.3) is 0 Å². The molecule has 1 amide bonds. The lowest BCUT2D eigenvalue weighted by molar-refractivity contribution is -0.118. The van der Waals surface area contributed by atoms with Crippen LogP contribution < -0.4 is 4.90 Å². The van der Waals surface area contributed by atoms with Gasteiger partial charge in [0.25, 0.3) is 0 Å². The molecule has 0 aromatic heterocycles. The van der Waals surface area contributed by atoms with Gasteiger partial charge in [-0.25, -0.2) is 0 Å². The zero-order valence-electron chi connectivity index (χ0n) is 13.0. The number of carbonyl (C=O) groups is 1. The molecular formula is C19H22N2O. The zero-order chi connectivity index (χ0) is 15.4. The molecule has 3 heteroatoms. The molecule has 114 valence electrons. The summed E-state index contributed by atoms with van der Waals surface area (Å²) >= 11 is 0. The Bertz CT molecular complexity index is 639. The van der Waals surface area contributed by atoms with Crippen LogP contribution in [0.3, 0.4) is 0 Å². The molecule has 0 fully saturated rings. The van der Waals surface area contributed by atoms with E-state index in [1.807, 2.05) is 37.4 Å². The predicted molar refractivity (Wildman–Crippen MR) is 89.9 cm³/mol. The molecule has 0 bridgehead atoms. The SMILES string of the molecule is CN(C(=O)CCN1CCc2ccccc2C1)c1ccccc1. The lowest BCUT2D eigenvalue weighted by Crippen LogP contribution is -2.35. The van der Waals surface area contributed by atoms with E-state index in [4.69, 9.17) is 0 Å². The fourth-order valence-corrected chi connectivity index (χ4v) is 2.96. The van der Waals surface area contributed by atoms with Crippen LogP contribution >= 0.6 is 0 Å². The zero-order valence-corrected chi connectivity index (χ0v) is 13.0. The van der Waals surface area contributed by atoms with Crippen LogP contribution in [0.5, 0.6) is 0 Å². The van der Waals surface area contributed by atoms with E-state index in [2.05, 4.69) is 29.2 Å². The minimum atomic E-state index is 0.171. The summed E-state index contributed by atoms with van der Waals surface area (Å²) in [6.07, 6.45) is 1.65. The van der Waals surface area contributed by atoms with Crippen molar-refractivity contribution in [1.29, 1.82) is 0 Å². The number of benzene rings is 2. The highest BCUT2D eigenvalue weighted by molar-refractivity contribution is 5.92. The molecule has 0 unspecified atom stereocenters. The van der Waals surface area contributed by atoms with Crippen molar-refractivity contribution in [3.63, 3.8) is 0 Å². The van der Waals surface area contributed by atoms with Crippen molar-refractivity contribution in [2.75, 3.05) is 25.0 Å². The summed E-state index contributed by atoms with van der Waals surface area (Å²) in [5, 5.41) is 0. The van der Waals surface area contributed by atoms with Crippen LogP contribution in [-0.2, 0) is 17.8 Å². The lowest BCUT2D eigenvalue weighted by atomic mass is 10.00. The predicted octanol–water partition coefficient (Wildman–Crippen LogP) is 3.10. The summed E-state index contributed by atoms with van der Waals surface area (Å²) in [5.41, 5.74) is 3.81. The molecule has 3 nitrogen and oxygen atoms in total. The molecule has 0 spiro atoms. The largest absolute Gasteiger partial charge is 0.315 e. The van der Waals surface area contributed by atoms with Crippen LogP contribution in [0, 0.1) is 0 Å². The van der Waals surface area contributed by atoms with Crippen molar-refractivity contribution < 1.29 is 4.79 Å². The number of carbonyl (C=O) groups excluding carboxylic acids is 1. The van der Waals surface area contributed by atoms with Gasteiger partial charge in [-0.15, -0.1) is 0 Å². The van der Waals surface area contributed by atoms with Gasteiger partial charge in [0.2, 0.25) is 5.91 Å². The average Bonchev–Trinajstić information content (AvgIpc) is 2.59. The summed E-state index contributed by atoms with van der Waals surface area (Å²) in [7, 11) is 1.85. The molecule has 0 radical (unpaired) electrons. The van der Waals surface area contributed by atoms with Gasteiger partial charge in [-0.05, 0) is 29.7 Å². The van der Waals surface area contributed by atoms with Gasteiger partial charge in [0.1, 0.15) is 0 Å². The first-order valence-electron chi connectivity index (χ1n) is 7.85. The van der Waals surface area contributed by atoms with E-state index < -0.39 is 0 Å². The Labute approximate surface area is 132 Å². The summed E-state index contributed by atoms with van der Waals surface area (Å²) in [5.74, 6) is 0.171. The van der Waals surface area contributed by atoms with Gasteiger partial charge in [-0.3, -0.25) is 9.69 Å². The first kappa shape index (κ1) is 14.8. The number of anilines is 1. The second kappa shape index (κ2) is 6.75. The number of rotatable bonds is 4. The van der Waals surface area contributed by atoms with Crippen LogP contribution in [-0.4, -0.2) is 30.9 Å². The molecule has 0 atom stereocenters. The van der Waals surface area contributed by atoms with E-state index >= 15 is 0 Å². The highest BCUT2D eigenvalue weighted by atomic mass is 16.2. The first-order valence-corrected chi connectivity index (χ1v) is 7.85. The number of nitrogens with zero attached hydrogens (tertiary/aromatic N) is 2. The molecular weight excluding hydrogens is 272 g/mol. The number of para-hydroxylation sites is 1. The van der Waals surface area contributed by atoms with Gasteiger partial charge in [0.05, 0.1) is 0 Å². The number of amides is 1. The van der Waals surface area contributed by atoms with Crippen molar-refractivity contribution in [2.24, 2.45) is 0 Å². The topological polar surface area (TPSA) is 23.6 Å². The molecule has 0 N–H and O–H groups in total. The normalized spacial score (nSPS) is 14.4. The second-order valence-electron chi connectivity index (χ2n) is 5.83. The third kappa shape index (κ3) is 3.37. The monoisotopic (exact) mass is 294 g/mol. The van der Waals surface area contributed by atoms with E-state index in [9.17, 15) is 4.79 Å². The van der Waals surface area contributed by atoms with E-state index in [-0.39, 0.29) is 5.91 Å². The molecule has 1 aliphatic rings. The molecule has 2 aromatic carbocycles. The number of hydrogen-bond donors (Lipinski definition) is 0. The molecule has 2 aromatic rings. The average molecular weight is 294 g/mol. The molecule has 0 saturated carbocycles. The maximum atomic E-state index is 12.3. The van der Waals surface area contributed by atoms with Gasteiger partial charge < -0.3 is 4.90 Å². The fraction of sp³-hybridized carbons (Fsp3) is 0.316. The molecule has 22 heavy (non-hydrogen) atoms. The smallest absolute Gasteiger partial charge is 0.228 e. The molecule has 0 saturated heterocycles. The molecule has 3 rings (SSSR count). The lowest BCUT2D eigenvalue weighted by Gasteiger charge is -2.29. The summed E-state index contributed by atoms with van der Waals surface area (Å²) in [6.45, 7) is 2.82. The van der Waals surface area contributed by atoms with Crippen LogP contribution in [0.4, 0.5) is 5.69 Å². The minimum absolute atomic E-state index is 0.171.